The van der Waals surface area contributed by atoms with Gasteiger partial charge in [-0.1, -0.05) is 41.9 Å². The van der Waals surface area contributed by atoms with E-state index in [1.165, 1.54) is 0 Å². The Morgan fingerprint density at radius 3 is 1.80 bits per heavy atom. The molecule has 262 valence electrons. The van der Waals surface area contributed by atoms with Gasteiger partial charge in [0.2, 0.25) is 0 Å². The standard InChI is InChI=1S/C30H27ClF3N3O4S.C2HF3O2/c31-23-10-7-19(8-11-23)27(18-1-5-21(6-2-18)29(38)39)22-9-12-25-26(17-22)37(28(35-25)20-3-4-20)24-13-15-36(16-14-24)42(40,41)30(32,33)34;3-2(4,5)1(6)7/h1-2,5-12,17,20,24,27H,3-4,13-16H2,(H,38,39);(H,6,7). The van der Waals surface area contributed by atoms with Crippen molar-refractivity contribution in [3.05, 3.63) is 99.8 Å². The van der Waals surface area contributed by atoms with Gasteiger partial charge in [-0.3, -0.25) is 0 Å². The molecule has 0 spiro atoms. The highest BCUT2D eigenvalue weighted by Gasteiger charge is 2.50. The number of carboxylic acid groups (broad SMARTS) is 2. The average Bonchev–Trinajstić information content (AvgIpc) is 3.82. The molecule has 2 aliphatic rings. The lowest BCUT2D eigenvalue weighted by Crippen LogP contribution is -2.45. The zero-order chi connectivity index (χ0) is 35.9. The van der Waals surface area contributed by atoms with E-state index < -0.39 is 33.6 Å². The van der Waals surface area contributed by atoms with Crippen molar-refractivity contribution in [3.8, 4) is 0 Å². The van der Waals surface area contributed by atoms with Crippen LogP contribution in [0.15, 0.2) is 66.7 Å². The van der Waals surface area contributed by atoms with Gasteiger partial charge in [-0.2, -0.15) is 30.6 Å². The molecule has 1 saturated carbocycles. The topological polar surface area (TPSA) is 130 Å². The third kappa shape index (κ3) is 7.86. The Bertz CT molecular complexity index is 1950. The molecule has 0 amide bonds. The molecule has 4 aromatic rings. The first kappa shape index (κ1) is 36.1. The monoisotopic (exact) mass is 731 g/mol. The van der Waals surface area contributed by atoms with E-state index >= 15 is 0 Å². The fourth-order valence-corrected chi connectivity index (χ4v) is 6.97. The number of hydrogen-bond donors (Lipinski definition) is 2. The van der Waals surface area contributed by atoms with Gasteiger partial charge in [0.1, 0.15) is 5.82 Å². The van der Waals surface area contributed by atoms with Crippen molar-refractivity contribution in [2.45, 2.75) is 55.2 Å². The molecule has 6 rings (SSSR count). The first-order chi connectivity index (χ1) is 22.9. The molecule has 2 heterocycles. The number of carbonyl (C=O) groups is 2. The van der Waals surface area contributed by atoms with Gasteiger partial charge in [0.05, 0.1) is 16.6 Å². The number of halogens is 7. The molecule has 3 aromatic carbocycles. The smallest absolute Gasteiger partial charge is 0.478 e. The first-order valence-corrected chi connectivity index (χ1v) is 16.7. The number of carboxylic acids is 2. The number of benzene rings is 3. The number of fused-ring (bicyclic) bond motifs is 1. The number of nitrogens with zero attached hydrogens (tertiary/aromatic N) is 3. The highest BCUT2D eigenvalue weighted by Crippen LogP contribution is 2.44. The van der Waals surface area contributed by atoms with Crippen molar-refractivity contribution in [2.24, 2.45) is 0 Å². The maximum absolute atomic E-state index is 13.2. The molecular weight excluding hydrogens is 704 g/mol. The SMILES string of the molecule is O=C(O)C(F)(F)F.O=C(O)c1ccc(C(c2ccc(Cl)cc2)c2ccc3nc(C4CC4)n(C4CCN(S(=O)(=O)C(F)(F)F)CC4)c3c2)cc1. The van der Waals surface area contributed by atoms with Crippen molar-refractivity contribution in [2.75, 3.05) is 13.1 Å². The molecule has 0 radical (unpaired) electrons. The number of aromatic carboxylic acids is 1. The van der Waals surface area contributed by atoms with Gasteiger partial charge < -0.3 is 14.8 Å². The molecule has 1 aromatic heterocycles. The molecular formula is C32H28ClF6N3O6S. The number of rotatable bonds is 7. The van der Waals surface area contributed by atoms with Crippen molar-refractivity contribution >= 4 is 44.6 Å². The molecule has 49 heavy (non-hydrogen) atoms. The molecule has 17 heteroatoms. The summed E-state index contributed by atoms with van der Waals surface area (Å²) in [7, 11) is -5.38. The Morgan fingerprint density at radius 2 is 1.33 bits per heavy atom. The third-order valence-electron chi connectivity index (χ3n) is 8.37. The summed E-state index contributed by atoms with van der Waals surface area (Å²) in [5, 5.41) is 17.1. The van der Waals surface area contributed by atoms with Crippen LogP contribution in [0, 0.1) is 0 Å². The van der Waals surface area contributed by atoms with Crippen molar-refractivity contribution < 1.29 is 54.6 Å². The lowest BCUT2D eigenvalue weighted by atomic mass is 9.84. The number of aliphatic carboxylic acids is 1. The normalized spacial score (nSPS) is 17.0. The predicted molar refractivity (Wildman–Crippen MR) is 166 cm³/mol. The van der Waals surface area contributed by atoms with E-state index in [0.29, 0.717) is 9.33 Å². The minimum atomic E-state index is -5.38. The van der Waals surface area contributed by atoms with Gasteiger partial charge in [0.15, 0.2) is 0 Å². The van der Waals surface area contributed by atoms with Crippen LogP contribution < -0.4 is 0 Å². The Morgan fingerprint density at radius 1 is 0.816 bits per heavy atom. The Kier molecular flexibility index (Phi) is 10.1. The summed E-state index contributed by atoms with van der Waals surface area (Å²) in [5.74, 6) is -2.90. The van der Waals surface area contributed by atoms with Crippen LogP contribution in [0.5, 0.6) is 0 Å². The van der Waals surface area contributed by atoms with E-state index in [1.54, 1.807) is 36.4 Å². The molecule has 1 saturated heterocycles. The van der Waals surface area contributed by atoms with E-state index in [2.05, 4.69) is 4.57 Å². The molecule has 1 aliphatic heterocycles. The van der Waals surface area contributed by atoms with Crippen LogP contribution >= 0.6 is 11.6 Å². The van der Waals surface area contributed by atoms with Crippen LogP contribution in [0.25, 0.3) is 11.0 Å². The number of imidazole rings is 1. The van der Waals surface area contributed by atoms with Gasteiger partial charge in [-0.25, -0.2) is 23.0 Å². The van der Waals surface area contributed by atoms with E-state index in [4.69, 9.17) is 26.5 Å². The number of sulfonamides is 1. The second-order valence-corrected chi connectivity index (χ2v) is 14.0. The van der Waals surface area contributed by atoms with E-state index in [9.17, 15) is 44.7 Å². The number of alkyl halides is 6. The lowest BCUT2D eigenvalue weighted by molar-refractivity contribution is -0.192. The summed E-state index contributed by atoms with van der Waals surface area (Å²) in [6.07, 6.45) is -2.66. The Labute approximate surface area is 280 Å². The first-order valence-electron chi connectivity index (χ1n) is 14.9. The minimum Gasteiger partial charge on any atom is -0.478 e. The summed E-state index contributed by atoms with van der Waals surface area (Å²) < 4.78 is 97.9. The summed E-state index contributed by atoms with van der Waals surface area (Å²) in [6.45, 7) is -0.446. The summed E-state index contributed by atoms with van der Waals surface area (Å²) >= 11 is 6.17. The minimum absolute atomic E-state index is 0.176. The molecule has 1 aliphatic carbocycles. The van der Waals surface area contributed by atoms with E-state index in [-0.39, 0.29) is 49.4 Å². The maximum atomic E-state index is 13.2. The fraction of sp³-hybridized carbons (Fsp3) is 0.344. The average molecular weight is 732 g/mol. The van der Waals surface area contributed by atoms with Gasteiger partial charge in [0.25, 0.3) is 0 Å². The molecule has 2 N–H and O–H groups in total. The van der Waals surface area contributed by atoms with Crippen LogP contribution in [0.4, 0.5) is 26.3 Å². The molecule has 9 nitrogen and oxygen atoms in total. The largest absolute Gasteiger partial charge is 0.511 e. The van der Waals surface area contributed by atoms with E-state index in [0.717, 1.165) is 46.4 Å². The van der Waals surface area contributed by atoms with Gasteiger partial charge in [-0.05, 0) is 78.8 Å². The predicted octanol–water partition coefficient (Wildman–Crippen LogP) is 7.57. The molecule has 1 atom stereocenters. The van der Waals surface area contributed by atoms with Gasteiger partial charge in [-0.15, -0.1) is 0 Å². The molecule has 2 fully saturated rings. The molecule has 0 bridgehead atoms. The van der Waals surface area contributed by atoms with Crippen molar-refractivity contribution in [1.29, 1.82) is 0 Å². The van der Waals surface area contributed by atoms with Crippen LogP contribution in [0.1, 0.15) is 76.4 Å². The Balaban J connectivity index is 0.000000606. The quantitative estimate of drug-likeness (QED) is 0.148. The second-order valence-electron chi connectivity index (χ2n) is 11.7. The van der Waals surface area contributed by atoms with E-state index in [1.807, 2.05) is 30.3 Å². The van der Waals surface area contributed by atoms with Crippen LogP contribution in [-0.2, 0) is 14.8 Å². The highest BCUT2D eigenvalue weighted by atomic mass is 35.5. The number of hydrogen-bond acceptors (Lipinski definition) is 5. The third-order valence-corrected chi connectivity index (χ3v) is 10.3. The van der Waals surface area contributed by atoms with Gasteiger partial charge in [0, 0.05) is 36.0 Å². The summed E-state index contributed by atoms with van der Waals surface area (Å²) in [5.41, 5.74) is -0.797. The fourth-order valence-electron chi connectivity index (χ4n) is 5.86. The van der Waals surface area contributed by atoms with Crippen molar-refractivity contribution in [3.63, 3.8) is 0 Å². The van der Waals surface area contributed by atoms with Crippen molar-refractivity contribution in [1.82, 2.24) is 13.9 Å². The number of aromatic nitrogens is 2. The number of piperidine rings is 1. The summed E-state index contributed by atoms with van der Waals surface area (Å²) in [4.78, 5) is 25.3. The maximum Gasteiger partial charge on any atom is 0.511 e. The Hall–Kier alpha value is -4.15. The summed E-state index contributed by atoms with van der Waals surface area (Å²) in [6, 6.07) is 19.9. The zero-order valence-corrected chi connectivity index (χ0v) is 26.8. The van der Waals surface area contributed by atoms with Crippen LogP contribution in [-0.4, -0.2) is 69.2 Å². The van der Waals surface area contributed by atoms with Gasteiger partial charge >= 0.3 is 33.6 Å². The highest BCUT2D eigenvalue weighted by molar-refractivity contribution is 7.90. The second kappa shape index (κ2) is 13.6. The van der Waals surface area contributed by atoms with Crippen LogP contribution in [0.2, 0.25) is 5.02 Å². The molecule has 1 unspecified atom stereocenters. The lowest BCUT2D eigenvalue weighted by Gasteiger charge is -2.33. The van der Waals surface area contributed by atoms with Crippen LogP contribution in [0.3, 0.4) is 0 Å². The zero-order valence-electron chi connectivity index (χ0n) is 25.2.